The van der Waals surface area contributed by atoms with Crippen LogP contribution in [0.15, 0.2) is 36.5 Å². The topological polar surface area (TPSA) is 90.8 Å². The number of amides is 1. The van der Waals surface area contributed by atoms with Crippen molar-refractivity contribution in [2.75, 3.05) is 55.8 Å². The average molecular weight is 484 g/mol. The summed E-state index contributed by atoms with van der Waals surface area (Å²) in [5.74, 6) is -0.882. The van der Waals surface area contributed by atoms with E-state index >= 15 is 0 Å². The molecule has 2 saturated heterocycles. The summed E-state index contributed by atoms with van der Waals surface area (Å²) in [5.41, 5.74) is 2.84. The Labute approximate surface area is 201 Å². The zero-order chi connectivity index (χ0) is 24.4. The molecule has 1 amide bonds. The van der Waals surface area contributed by atoms with E-state index in [-0.39, 0.29) is 25.1 Å². The number of morpholine rings is 1. The van der Waals surface area contributed by atoms with E-state index < -0.39 is 11.6 Å². The van der Waals surface area contributed by atoms with Crippen molar-refractivity contribution >= 4 is 28.4 Å². The van der Waals surface area contributed by atoms with Gasteiger partial charge in [0.1, 0.15) is 17.5 Å². The van der Waals surface area contributed by atoms with E-state index in [0.717, 1.165) is 30.3 Å². The number of aliphatic hydroxyl groups is 1. The van der Waals surface area contributed by atoms with Crippen LogP contribution in [0, 0.1) is 11.6 Å². The predicted octanol–water partition coefficient (Wildman–Crippen LogP) is 2.81. The number of hydrogen-bond donors (Lipinski definition) is 2. The highest BCUT2D eigenvalue weighted by Gasteiger charge is 2.30. The first kappa shape index (κ1) is 23.4. The van der Waals surface area contributed by atoms with Crippen molar-refractivity contribution in [3.8, 4) is 0 Å². The maximum Gasteiger partial charge on any atom is 0.251 e. The van der Waals surface area contributed by atoms with Gasteiger partial charge in [0.15, 0.2) is 0 Å². The predicted molar refractivity (Wildman–Crippen MR) is 128 cm³/mol. The van der Waals surface area contributed by atoms with Gasteiger partial charge >= 0.3 is 0 Å². The summed E-state index contributed by atoms with van der Waals surface area (Å²) in [6.07, 6.45) is 3.25. The van der Waals surface area contributed by atoms with Crippen molar-refractivity contribution in [3.05, 3.63) is 59.3 Å². The van der Waals surface area contributed by atoms with E-state index in [1.54, 1.807) is 18.3 Å². The molecular weight excluding hydrogens is 456 g/mol. The second-order valence-electron chi connectivity index (χ2n) is 8.72. The summed E-state index contributed by atoms with van der Waals surface area (Å²) >= 11 is 0. The number of carbonyl (C=O) groups excluding carboxylic acids is 1. The Morgan fingerprint density at radius 2 is 1.89 bits per heavy atom. The fourth-order valence-electron chi connectivity index (χ4n) is 4.84. The number of nitrogens with one attached hydrogen (secondary N) is 1. The normalized spacial score (nSPS) is 18.3. The monoisotopic (exact) mass is 483 g/mol. The van der Waals surface area contributed by atoms with Gasteiger partial charge in [-0.2, -0.15) is 0 Å². The maximum absolute atomic E-state index is 14.0. The van der Waals surface area contributed by atoms with Crippen LogP contribution in [0.4, 0.5) is 20.3 Å². The molecule has 2 fully saturated rings. The number of carbonyl (C=O) groups is 1. The zero-order valence-electron chi connectivity index (χ0n) is 19.2. The molecule has 1 unspecified atom stereocenters. The molecule has 2 aliphatic rings. The standard InChI is InChI=1S/C25H27F2N5O3/c26-17-12-18(27)14-19(13-17)32-4-1-2-22(32)20-10-16(25(34)28-3-7-33)11-21-24(20)30-23(15-29-21)31-5-8-35-9-6-31/h10-15,22,33H,1-9H2,(H,28,34). The molecule has 0 spiro atoms. The maximum atomic E-state index is 14.0. The molecule has 0 bridgehead atoms. The molecular formula is C25H27F2N5O3. The Hall–Kier alpha value is -3.37. The van der Waals surface area contributed by atoms with E-state index in [2.05, 4.69) is 15.2 Å². The van der Waals surface area contributed by atoms with Crippen LogP contribution in [0.3, 0.4) is 0 Å². The third kappa shape index (κ3) is 4.89. The number of aliphatic hydroxyl groups excluding tert-OH is 1. The van der Waals surface area contributed by atoms with Crippen molar-refractivity contribution in [2.24, 2.45) is 0 Å². The van der Waals surface area contributed by atoms with Crippen LogP contribution in [0.5, 0.6) is 0 Å². The number of aromatic nitrogens is 2. The van der Waals surface area contributed by atoms with E-state index in [1.807, 2.05) is 4.90 Å². The lowest BCUT2D eigenvalue weighted by Crippen LogP contribution is -2.36. The van der Waals surface area contributed by atoms with E-state index in [1.165, 1.54) is 12.1 Å². The van der Waals surface area contributed by atoms with Gasteiger partial charge in [0.25, 0.3) is 5.91 Å². The van der Waals surface area contributed by atoms with Gasteiger partial charge in [0, 0.05) is 49.1 Å². The van der Waals surface area contributed by atoms with E-state index in [4.69, 9.17) is 14.8 Å². The molecule has 2 N–H and O–H groups in total. The minimum atomic E-state index is -0.637. The summed E-state index contributed by atoms with van der Waals surface area (Å²) in [7, 11) is 0. The highest BCUT2D eigenvalue weighted by Crippen LogP contribution is 2.39. The van der Waals surface area contributed by atoms with E-state index in [9.17, 15) is 13.6 Å². The highest BCUT2D eigenvalue weighted by atomic mass is 19.1. The van der Waals surface area contributed by atoms with Crippen LogP contribution < -0.4 is 15.1 Å². The van der Waals surface area contributed by atoms with Crippen LogP contribution in [0.25, 0.3) is 11.0 Å². The molecule has 0 saturated carbocycles. The molecule has 2 aromatic carbocycles. The fraction of sp³-hybridized carbons (Fsp3) is 0.400. The van der Waals surface area contributed by atoms with Crippen molar-refractivity contribution in [3.63, 3.8) is 0 Å². The van der Waals surface area contributed by atoms with Gasteiger partial charge in [-0.15, -0.1) is 0 Å². The minimum absolute atomic E-state index is 0.131. The first-order valence-electron chi connectivity index (χ1n) is 11.8. The van der Waals surface area contributed by atoms with Gasteiger partial charge in [0.05, 0.1) is 43.1 Å². The molecule has 1 atom stereocenters. The lowest BCUT2D eigenvalue weighted by atomic mass is 9.98. The molecule has 0 aliphatic carbocycles. The van der Waals surface area contributed by atoms with Crippen molar-refractivity contribution in [1.82, 2.24) is 15.3 Å². The van der Waals surface area contributed by atoms with Crippen molar-refractivity contribution < 1.29 is 23.4 Å². The first-order chi connectivity index (χ1) is 17.0. The molecule has 184 valence electrons. The molecule has 1 aromatic heterocycles. The Bertz CT molecular complexity index is 1210. The van der Waals surface area contributed by atoms with Crippen molar-refractivity contribution in [2.45, 2.75) is 18.9 Å². The number of nitrogens with zero attached hydrogens (tertiary/aromatic N) is 4. The smallest absolute Gasteiger partial charge is 0.251 e. The quantitative estimate of drug-likeness (QED) is 0.557. The third-order valence-corrected chi connectivity index (χ3v) is 6.45. The fourth-order valence-corrected chi connectivity index (χ4v) is 4.84. The molecule has 5 rings (SSSR count). The van der Waals surface area contributed by atoms with Crippen LogP contribution in [0.1, 0.15) is 34.8 Å². The summed E-state index contributed by atoms with van der Waals surface area (Å²) in [6.45, 7) is 3.20. The first-order valence-corrected chi connectivity index (χ1v) is 11.8. The molecule has 3 aromatic rings. The molecule has 35 heavy (non-hydrogen) atoms. The van der Waals surface area contributed by atoms with Gasteiger partial charge in [-0.05, 0) is 37.1 Å². The number of ether oxygens (including phenoxy) is 1. The number of halogens is 2. The van der Waals surface area contributed by atoms with E-state index in [0.29, 0.717) is 55.1 Å². The van der Waals surface area contributed by atoms with Gasteiger partial charge < -0.3 is 25.0 Å². The second kappa shape index (κ2) is 10.1. The summed E-state index contributed by atoms with van der Waals surface area (Å²) in [5, 5.41) is 11.8. The highest BCUT2D eigenvalue weighted by molar-refractivity contribution is 5.98. The Balaban J connectivity index is 1.61. The second-order valence-corrected chi connectivity index (χ2v) is 8.72. The molecule has 2 aliphatic heterocycles. The number of benzene rings is 2. The number of hydrogen-bond acceptors (Lipinski definition) is 7. The molecule has 8 nitrogen and oxygen atoms in total. The van der Waals surface area contributed by atoms with Crippen LogP contribution in [0.2, 0.25) is 0 Å². The van der Waals surface area contributed by atoms with Gasteiger partial charge in [-0.25, -0.2) is 13.8 Å². The summed E-state index contributed by atoms with van der Waals surface area (Å²) < 4.78 is 33.5. The summed E-state index contributed by atoms with van der Waals surface area (Å²) in [6, 6.07) is 6.74. The van der Waals surface area contributed by atoms with Crippen LogP contribution >= 0.6 is 0 Å². The third-order valence-electron chi connectivity index (χ3n) is 6.45. The SMILES string of the molecule is O=C(NCCO)c1cc(C2CCCN2c2cc(F)cc(F)c2)c2nc(N3CCOCC3)cnc2c1. The Kier molecular flexibility index (Phi) is 6.74. The van der Waals surface area contributed by atoms with Crippen LogP contribution in [-0.2, 0) is 4.74 Å². The largest absolute Gasteiger partial charge is 0.395 e. The lowest BCUT2D eigenvalue weighted by Gasteiger charge is -2.30. The summed E-state index contributed by atoms with van der Waals surface area (Å²) in [4.78, 5) is 26.4. The Morgan fingerprint density at radius 3 is 2.63 bits per heavy atom. The number of rotatable bonds is 6. The number of fused-ring (bicyclic) bond motifs is 1. The van der Waals surface area contributed by atoms with Gasteiger partial charge in [-0.1, -0.05) is 0 Å². The van der Waals surface area contributed by atoms with Crippen molar-refractivity contribution in [1.29, 1.82) is 0 Å². The van der Waals surface area contributed by atoms with Gasteiger partial charge in [0.2, 0.25) is 0 Å². The average Bonchev–Trinajstić information content (AvgIpc) is 3.36. The number of anilines is 2. The van der Waals surface area contributed by atoms with Gasteiger partial charge in [-0.3, -0.25) is 9.78 Å². The molecule has 10 heteroatoms. The minimum Gasteiger partial charge on any atom is -0.395 e. The molecule has 0 radical (unpaired) electrons. The molecule has 3 heterocycles. The van der Waals surface area contributed by atoms with Crippen LogP contribution in [-0.4, -0.2) is 67.0 Å². The lowest BCUT2D eigenvalue weighted by molar-refractivity contribution is 0.0944. The Morgan fingerprint density at radius 1 is 1.11 bits per heavy atom. The zero-order valence-corrected chi connectivity index (χ0v) is 19.2.